The first kappa shape index (κ1) is 37.6. The Labute approximate surface area is 293 Å². The number of aromatic nitrogens is 2. The number of halogens is 2. The first-order chi connectivity index (χ1) is 22.9. The maximum Gasteiger partial charge on any atom is 0.247 e. The van der Waals surface area contributed by atoms with Crippen molar-refractivity contribution in [2.24, 2.45) is 5.41 Å². The molecule has 49 heavy (non-hydrogen) atoms. The quantitative estimate of drug-likeness (QED) is 0.230. The highest BCUT2D eigenvalue weighted by molar-refractivity contribution is 6.03. The van der Waals surface area contributed by atoms with Crippen molar-refractivity contribution in [3.8, 4) is 5.75 Å². The second-order valence-corrected chi connectivity index (χ2v) is 13.6. The van der Waals surface area contributed by atoms with Crippen LogP contribution in [-0.2, 0) is 14.4 Å². The first-order valence-corrected chi connectivity index (χ1v) is 16.6. The average molecular weight is 699 g/mol. The monoisotopic (exact) mass is 698 g/mol. The molecule has 3 aromatic rings. The number of anilines is 4. The third-order valence-electron chi connectivity index (χ3n) is 9.19. The van der Waals surface area contributed by atoms with Crippen molar-refractivity contribution in [1.29, 1.82) is 0 Å². The van der Waals surface area contributed by atoms with E-state index in [1.165, 1.54) is 19.5 Å². The Bertz CT molecular complexity index is 1660. The van der Waals surface area contributed by atoms with Crippen LogP contribution in [0.15, 0.2) is 36.7 Å². The van der Waals surface area contributed by atoms with Crippen molar-refractivity contribution < 1.29 is 23.5 Å². The molecule has 3 atom stereocenters. The van der Waals surface area contributed by atoms with Gasteiger partial charge < -0.3 is 35.8 Å². The molecule has 3 heterocycles. The maximum absolute atomic E-state index is 15.2. The third-order valence-corrected chi connectivity index (χ3v) is 9.19. The van der Waals surface area contributed by atoms with Gasteiger partial charge in [0.05, 0.1) is 30.0 Å². The molecular weight excluding hydrogens is 651 g/mol. The molecule has 0 radical (unpaired) electrons. The minimum absolute atomic E-state index is 0. The van der Waals surface area contributed by atoms with E-state index in [1.54, 1.807) is 37.1 Å². The van der Waals surface area contributed by atoms with Crippen LogP contribution in [-0.4, -0.2) is 84.5 Å². The zero-order chi connectivity index (χ0) is 34.6. The fraction of sp³-hybridized carbons (Fsp3) is 0.514. The van der Waals surface area contributed by atoms with E-state index in [1.807, 2.05) is 26.8 Å². The fourth-order valence-electron chi connectivity index (χ4n) is 6.29. The summed E-state index contributed by atoms with van der Waals surface area (Å²) in [6.07, 6.45) is 5.79. The minimum atomic E-state index is -0.825. The number of amides is 3. The van der Waals surface area contributed by atoms with E-state index < -0.39 is 23.5 Å². The molecule has 2 aliphatic heterocycles. The topological polar surface area (TPSA) is 141 Å². The Kier molecular flexibility index (Phi) is 12.3. The number of carbonyl (C=O) groups is 3. The Morgan fingerprint density at radius 1 is 1.02 bits per heavy atom. The van der Waals surface area contributed by atoms with Crippen molar-refractivity contribution >= 4 is 63.9 Å². The average Bonchev–Trinajstić information content (AvgIpc) is 3.57. The van der Waals surface area contributed by atoms with Gasteiger partial charge in [0, 0.05) is 36.8 Å². The van der Waals surface area contributed by atoms with Gasteiger partial charge in [0.15, 0.2) is 0 Å². The molecule has 0 aliphatic carbocycles. The van der Waals surface area contributed by atoms with Gasteiger partial charge >= 0.3 is 0 Å². The number of methoxy groups -OCH3 is 1. The summed E-state index contributed by atoms with van der Waals surface area (Å²) in [5, 5.41) is 12.6. The zero-order valence-corrected chi connectivity index (χ0v) is 29.9. The summed E-state index contributed by atoms with van der Waals surface area (Å²) < 4.78 is 20.8. The number of piperidine rings is 1. The molecule has 2 aromatic carbocycles. The molecule has 14 heteroatoms. The number of carbonyl (C=O) groups excluding carboxylic acids is 3. The van der Waals surface area contributed by atoms with Crippen molar-refractivity contribution in [3.63, 3.8) is 0 Å². The van der Waals surface area contributed by atoms with Gasteiger partial charge in [-0.15, -0.1) is 12.4 Å². The Hall–Kier alpha value is -4.23. The molecule has 0 spiro atoms. The van der Waals surface area contributed by atoms with Crippen LogP contribution in [0.3, 0.4) is 0 Å². The lowest BCUT2D eigenvalue weighted by molar-refractivity contribution is -0.143. The number of ether oxygens (including phenoxy) is 1. The number of fused-ring (bicyclic) bond motifs is 1. The SMILES string of the molecule is CN[C@@H](C)C(=O)N[C@H](C(=O)N1CCC[C@H]1C(=O)Nc1cc2c(Nc3ccc(N4CCCCC4)c(F)c3)ncnc2cc1OC)C(C)(C)C.Cl. The number of hydrogen-bond acceptors (Lipinski definition) is 9. The van der Waals surface area contributed by atoms with Crippen LogP contribution < -0.4 is 30.9 Å². The van der Waals surface area contributed by atoms with Crippen molar-refractivity contribution in [2.45, 2.75) is 77.9 Å². The molecule has 0 unspecified atom stereocenters. The van der Waals surface area contributed by atoms with Crippen molar-refractivity contribution in [2.75, 3.05) is 49.3 Å². The van der Waals surface area contributed by atoms with E-state index in [9.17, 15) is 14.4 Å². The van der Waals surface area contributed by atoms with Crippen LogP contribution in [0, 0.1) is 11.2 Å². The largest absolute Gasteiger partial charge is 0.494 e. The molecule has 5 rings (SSSR count). The number of nitrogens with zero attached hydrogens (tertiary/aromatic N) is 4. The van der Waals surface area contributed by atoms with Gasteiger partial charge in [0.1, 0.15) is 35.8 Å². The second kappa shape index (κ2) is 16.0. The maximum atomic E-state index is 15.2. The summed E-state index contributed by atoms with van der Waals surface area (Å²) >= 11 is 0. The smallest absolute Gasteiger partial charge is 0.247 e. The molecule has 2 fully saturated rings. The first-order valence-electron chi connectivity index (χ1n) is 16.6. The number of likely N-dealkylation sites (tertiary alicyclic amines) is 1. The van der Waals surface area contributed by atoms with Gasteiger partial charge in [-0.3, -0.25) is 14.4 Å². The van der Waals surface area contributed by atoms with Crippen LogP contribution >= 0.6 is 12.4 Å². The Morgan fingerprint density at radius 3 is 2.41 bits per heavy atom. The summed E-state index contributed by atoms with van der Waals surface area (Å²) in [6, 6.07) is 6.43. The minimum Gasteiger partial charge on any atom is -0.494 e. The van der Waals surface area contributed by atoms with Crippen molar-refractivity contribution in [3.05, 3.63) is 42.5 Å². The lowest BCUT2D eigenvalue weighted by atomic mass is 9.85. The van der Waals surface area contributed by atoms with E-state index in [0.29, 0.717) is 58.9 Å². The molecule has 0 bridgehead atoms. The molecule has 2 saturated heterocycles. The molecular formula is C35H48ClFN8O4. The molecule has 4 N–H and O–H groups in total. The normalized spacial score (nSPS) is 17.6. The summed E-state index contributed by atoms with van der Waals surface area (Å²) in [7, 11) is 3.18. The summed E-state index contributed by atoms with van der Waals surface area (Å²) in [6.45, 7) is 9.45. The van der Waals surface area contributed by atoms with Gasteiger partial charge in [-0.05, 0) is 75.8 Å². The standard InChI is InChI=1S/C35H47FN8O4.ClH/c1-21(37-5)32(45)42-30(35(2,3)4)34(47)44-16-10-11-28(44)33(46)41-26-18-23-25(19-29(26)48-6)38-20-39-31(23)40-22-12-13-27(24(36)17-22)43-14-8-7-9-15-43;/h12-13,17-21,28,30,37H,7-11,14-16H2,1-6H3,(H,41,46)(H,42,45)(H,38,39,40);1H/t21-,28-,30+;/m0./s1. The molecule has 0 saturated carbocycles. The Morgan fingerprint density at radius 2 is 1.76 bits per heavy atom. The van der Waals surface area contributed by atoms with Crippen LogP contribution in [0.1, 0.15) is 59.8 Å². The lowest BCUT2D eigenvalue weighted by Crippen LogP contribution is -2.59. The number of rotatable bonds is 10. The number of nitrogens with one attached hydrogen (secondary N) is 4. The zero-order valence-electron chi connectivity index (χ0n) is 29.1. The van der Waals surface area contributed by atoms with Crippen LogP contribution in [0.4, 0.5) is 27.3 Å². The van der Waals surface area contributed by atoms with Gasteiger partial charge in [0.25, 0.3) is 0 Å². The summed E-state index contributed by atoms with van der Waals surface area (Å²) in [5.74, 6) is -0.465. The van der Waals surface area contributed by atoms with Crippen molar-refractivity contribution in [1.82, 2.24) is 25.5 Å². The van der Waals surface area contributed by atoms with E-state index in [0.717, 1.165) is 32.4 Å². The van der Waals surface area contributed by atoms with E-state index in [4.69, 9.17) is 4.74 Å². The van der Waals surface area contributed by atoms with Crippen LogP contribution in [0.2, 0.25) is 0 Å². The highest BCUT2D eigenvalue weighted by Gasteiger charge is 2.42. The van der Waals surface area contributed by atoms with Gasteiger partial charge in [-0.1, -0.05) is 20.8 Å². The van der Waals surface area contributed by atoms with E-state index in [2.05, 4.69) is 36.1 Å². The number of likely N-dealkylation sites (N-methyl/N-ethyl adjacent to an activating group) is 1. The third kappa shape index (κ3) is 8.50. The molecule has 12 nitrogen and oxygen atoms in total. The predicted molar refractivity (Wildman–Crippen MR) is 192 cm³/mol. The van der Waals surface area contributed by atoms with E-state index in [-0.39, 0.29) is 35.9 Å². The van der Waals surface area contributed by atoms with Crippen LogP contribution in [0.25, 0.3) is 10.9 Å². The van der Waals surface area contributed by atoms with E-state index >= 15 is 4.39 Å². The molecule has 3 amide bonds. The molecule has 1 aromatic heterocycles. The van der Waals surface area contributed by atoms with Gasteiger partial charge in [-0.2, -0.15) is 0 Å². The van der Waals surface area contributed by atoms with Gasteiger partial charge in [-0.25, -0.2) is 14.4 Å². The van der Waals surface area contributed by atoms with Gasteiger partial charge in [0.2, 0.25) is 17.7 Å². The second-order valence-electron chi connectivity index (χ2n) is 13.6. The number of benzene rings is 2. The highest BCUT2D eigenvalue weighted by Crippen LogP contribution is 2.35. The lowest BCUT2D eigenvalue weighted by Gasteiger charge is -2.36. The molecule has 2 aliphatic rings. The Balaban J connectivity index is 0.00000541. The molecule has 266 valence electrons. The highest BCUT2D eigenvalue weighted by atomic mass is 35.5. The number of hydrogen-bond donors (Lipinski definition) is 4. The summed E-state index contributed by atoms with van der Waals surface area (Å²) in [4.78, 5) is 52.9. The van der Waals surface area contributed by atoms with Crippen LogP contribution in [0.5, 0.6) is 5.75 Å². The fourth-order valence-corrected chi connectivity index (χ4v) is 6.29. The summed E-state index contributed by atoms with van der Waals surface area (Å²) in [5.41, 5.74) is 1.46. The predicted octanol–water partition coefficient (Wildman–Crippen LogP) is 5.00.